The van der Waals surface area contributed by atoms with E-state index in [0.717, 1.165) is 0 Å². The Morgan fingerprint density at radius 3 is 2.52 bits per heavy atom. The largest absolute Gasteiger partial charge is 0.478 e. The number of carboxylic acids is 1. The molecule has 1 aromatic heterocycles. The van der Waals surface area contributed by atoms with Crippen molar-refractivity contribution in [1.82, 2.24) is 4.98 Å². The molecule has 6 nitrogen and oxygen atoms in total. The van der Waals surface area contributed by atoms with Gasteiger partial charge in [0.25, 0.3) is 10.0 Å². The Morgan fingerprint density at radius 1 is 1.19 bits per heavy atom. The minimum atomic E-state index is -3.84. The first kappa shape index (κ1) is 15.9. The molecule has 0 amide bonds. The van der Waals surface area contributed by atoms with E-state index in [1.807, 2.05) is 0 Å². The van der Waals surface area contributed by atoms with Crippen molar-refractivity contribution in [2.45, 2.75) is 4.90 Å². The number of sulfonamides is 1. The Labute approximate surface area is 137 Å². The van der Waals surface area contributed by atoms with Gasteiger partial charge in [0.2, 0.25) is 0 Å². The highest BCUT2D eigenvalue weighted by atomic mass is 79.9. The van der Waals surface area contributed by atoms with Crippen molar-refractivity contribution in [3.8, 4) is 0 Å². The molecule has 9 heteroatoms. The second-order valence-corrected chi connectivity index (χ2v) is 7.40. The van der Waals surface area contributed by atoms with Gasteiger partial charge in [-0.1, -0.05) is 0 Å². The number of hydrogen-bond acceptors (Lipinski definition) is 4. The lowest BCUT2D eigenvalue weighted by atomic mass is 10.2. The maximum Gasteiger partial charge on any atom is 0.336 e. The molecule has 2 rings (SSSR count). The monoisotopic (exact) mass is 434 g/mol. The number of nitrogens with one attached hydrogen (secondary N) is 1. The van der Waals surface area contributed by atoms with Gasteiger partial charge < -0.3 is 5.11 Å². The maximum atomic E-state index is 12.2. The third kappa shape index (κ3) is 3.80. The van der Waals surface area contributed by atoms with Crippen LogP contribution in [-0.2, 0) is 10.0 Å². The van der Waals surface area contributed by atoms with Crippen molar-refractivity contribution in [1.29, 1.82) is 0 Å². The fourth-order valence-electron chi connectivity index (χ4n) is 1.51. The van der Waals surface area contributed by atoms with Crippen LogP contribution in [0.5, 0.6) is 0 Å². The van der Waals surface area contributed by atoms with Gasteiger partial charge in [-0.15, -0.1) is 0 Å². The van der Waals surface area contributed by atoms with E-state index in [9.17, 15) is 13.2 Å². The van der Waals surface area contributed by atoms with E-state index >= 15 is 0 Å². The molecule has 110 valence electrons. The lowest BCUT2D eigenvalue weighted by Crippen LogP contribution is -2.13. The van der Waals surface area contributed by atoms with Crippen LogP contribution in [0.4, 0.5) is 5.69 Å². The molecule has 0 unspecified atom stereocenters. The van der Waals surface area contributed by atoms with Crippen molar-refractivity contribution in [2.24, 2.45) is 0 Å². The predicted molar refractivity (Wildman–Crippen MR) is 83.8 cm³/mol. The minimum absolute atomic E-state index is 0.0309. The number of halogens is 2. The molecule has 1 aromatic carbocycles. The van der Waals surface area contributed by atoms with Crippen molar-refractivity contribution >= 4 is 53.5 Å². The van der Waals surface area contributed by atoms with Gasteiger partial charge in [0.1, 0.15) is 4.90 Å². The molecule has 0 spiro atoms. The van der Waals surface area contributed by atoms with Gasteiger partial charge in [-0.3, -0.25) is 9.71 Å². The predicted octanol–water partition coefficient (Wildman–Crippen LogP) is 3.11. The van der Waals surface area contributed by atoms with Crippen molar-refractivity contribution in [3.63, 3.8) is 0 Å². The van der Waals surface area contributed by atoms with E-state index < -0.39 is 16.0 Å². The first-order chi connectivity index (χ1) is 9.79. The van der Waals surface area contributed by atoms with Crippen LogP contribution in [0.2, 0.25) is 0 Å². The summed E-state index contributed by atoms with van der Waals surface area (Å²) in [6.45, 7) is 0. The lowest BCUT2D eigenvalue weighted by molar-refractivity contribution is 0.0696. The Morgan fingerprint density at radius 2 is 1.90 bits per heavy atom. The second-order valence-electron chi connectivity index (χ2n) is 3.94. The molecule has 0 atom stereocenters. The summed E-state index contributed by atoms with van der Waals surface area (Å²) >= 11 is 6.23. The standard InChI is InChI=1S/C12H8Br2N2O4S/c13-7-3-9(6-15-5-7)21(19,20)16-8-1-2-11(14)10(4-8)12(17)18/h1-6,16H,(H,17,18). The summed E-state index contributed by atoms with van der Waals surface area (Å²) in [6, 6.07) is 5.54. The molecule has 1 heterocycles. The normalized spacial score (nSPS) is 11.1. The number of benzene rings is 1. The van der Waals surface area contributed by atoms with E-state index in [1.54, 1.807) is 0 Å². The summed E-state index contributed by atoms with van der Waals surface area (Å²) in [5, 5.41) is 9.02. The molecule has 2 N–H and O–H groups in total. The van der Waals surface area contributed by atoms with E-state index in [0.29, 0.717) is 8.95 Å². The number of carboxylic acid groups (broad SMARTS) is 1. The molecule has 0 fully saturated rings. The van der Waals surface area contributed by atoms with Gasteiger partial charge in [-0.2, -0.15) is 0 Å². The van der Waals surface area contributed by atoms with Crippen molar-refractivity contribution in [3.05, 3.63) is 51.2 Å². The van der Waals surface area contributed by atoms with Crippen LogP contribution >= 0.6 is 31.9 Å². The number of anilines is 1. The molecule has 2 aromatic rings. The second kappa shape index (κ2) is 6.12. The van der Waals surface area contributed by atoms with E-state index in [4.69, 9.17) is 5.11 Å². The van der Waals surface area contributed by atoms with Crippen LogP contribution in [-0.4, -0.2) is 24.5 Å². The highest BCUT2D eigenvalue weighted by Crippen LogP contribution is 2.23. The molecule has 0 saturated heterocycles. The molecular formula is C12H8Br2N2O4S. The van der Waals surface area contributed by atoms with Gasteiger partial charge in [0, 0.05) is 27.0 Å². The quantitative estimate of drug-likeness (QED) is 0.768. The van der Waals surface area contributed by atoms with E-state index in [-0.39, 0.29) is 16.1 Å². The minimum Gasteiger partial charge on any atom is -0.478 e. The zero-order valence-electron chi connectivity index (χ0n) is 10.2. The lowest BCUT2D eigenvalue weighted by Gasteiger charge is -2.09. The summed E-state index contributed by atoms with van der Waals surface area (Å²) in [6.07, 6.45) is 2.66. The highest BCUT2D eigenvalue weighted by molar-refractivity contribution is 9.10. The molecule has 21 heavy (non-hydrogen) atoms. The SMILES string of the molecule is O=C(O)c1cc(NS(=O)(=O)c2cncc(Br)c2)ccc1Br. The van der Waals surface area contributed by atoms with Gasteiger partial charge in [0.15, 0.2) is 0 Å². The van der Waals surface area contributed by atoms with Gasteiger partial charge in [-0.25, -0.2) is 13.2 Å². The van der Waals surface area contributed by atoms with E-state index in [1.165, 1.54) is 36.7 Å². The molecule has 0 radical (unpaired) electrons. The van der Waals surface area contributed by atoms with Crippen molar-refractivity contribution in [2.75, 3.05) is 4.72 Å². The Hall–Kier alpha value is -1.45. The summed E-state index contributed by atoms with van der Waals surface area (Å²) in [5.41, 5.74) is 0.109. The zero-order chi connectivity index (χ0) is 15.6. The summed E-state index contributed by atoms with van der Waals surface area (Å²) < 4.78 is 27.6. The number of hydrogen-bond donors (Lipinski definition) is 2. The Kier molecular flexibility index (Phi) is 4.64. The van der Waals surface area contributed by atoms with Gasteiger partial charge >= 0.3 is 5.97 Å². The van der Waals surface area contributed by atoms with Crippen LogP contribution in [0.1, 0.15) is 10.4 Å². The molecule has 0 aliphatic heterocycles. The van der Waals surface area contributed by atoms with Gasteiger partial charge in [-0.05, 0) is 56.1 Å². The van der Waals surface area contributed by atoms with Crippen molar-refractivity contribution < 1.29 is 18.3 Å². The fourth-order valence-corrected chi connectivity index (χ4v) is 3.48. The average molecular weight is 436 g/mol. The first-order valence-corrected chi connectivity index (χ1v) is 8.53. The molecule has 0 bridgehead atoms. The van der Waals surface area contributed by atoms with Crippen LogP contribution in [0, 0.1) is 0 Å². The number of aromatic carboxylic acids is 1. The maximum absolute atomic E-state index is 12.2. The summed E-state index contributed by atoms with van der Waals surface area (Å²) in [7, 11) is -3.84. The third-order valence-electron chi connectivity index (χ3n) is 2.44. The number of nitrogens with zero attached hydrogens (tertiary/aromatic N) is 1. The molecule has 0 aliphatic carbocycles. The number of rotatable bonds is 4. The molecule has 0 saturated carbocycles. The Bertz CT molecular complexity index is 809. The third-order valence-corrected chi connectivity index (χ3v) is 4.91. The van der Waals surface area contributed by atoms with E-state index in [2.05, 4.69) is 41.6 Å². The fraction of sp³-hybridized carbons (Fsp3) is 0. The zero-order valence-corrected chi connectivity index (χ0v) is 14.2. The topological polar surface area (TPSA) is 96.4 Å². The number of aromatic nitrogens is 1. The Balaban J connectivity index is 2.37. The average Bonchev–Trinajstić information content (AvgIpc) is 2.40. The van der Waals surface area contributed by atoms with Crippen LogP contribution in [0.3, 0.4) is 0 Å². The number of pyridine rings is 1. The summed E-state index contributed by atoms with van der Waals surface area (Å²) in [5.74, 6) is -1.16. The molecule has 0 aliphatic rings. The summed E-state index contributed by atoms with van der Waals surface area (Å²) in [4.78, 5) is 14.8. The van der Waals surface area contributed by atoms with Crippen LogP contribution in [0.25, 0.3) is 0 Å². The first-order valence-electron chi connectivity index (χ1n) is 5.46. The van der Waals surface area contributed by atoms with Crippen LogP contribution in [0.15, 0.2) is 50.5 Å². The van der Waals surface area contributed by atoms with Gasteiger partial charge in [0.05, 0.1) is 5.56 Å². The number of carbonyl (C=O) groups is 1. The van der Waals surface area contributed by atoms with Crippen LogP contribution < -0.4 is 4.72 Å². The molecular weight excluding hydrogens is 428 g/mol. The smallest absolute Gasteiger partial charge is 0.336 e. The highest BCUT2D eigenvalue weighted by Gasteiger charge is 2.17.